The van der Waals surface area contributed by atoms with Gasteiger partial charge >= 0.3 is 5.97 Å². The summed E-state index contributed by atoms with van der Waals surface area (Å²) in [5, 5.41) is 8.89. The van der Waals surface area contributed by atoms with Crippen LogP contribution in [0, 0.1) is 11.7 Å². The summed E-state index contributed by atoms with van der Waals surface area (Å²) in [5.74, 6) is -0.881. The maximum absolute atomic E-state index is 13.1. The van der Waals surface area contributed by atoms with Gasteiger partial charge in [-0.15, -0.1) is 11.8 Å². The summed E-state index contributed by atoms with van der Waals surface area (Å²) in [6, 6.07) is 6.17. The smallest absolute Gasteiger partial charge is 0.317 e. The van der Waals surface area contributed by atoms with Crippen molar-refractivity contribution in [2.24, 2.45) is 5.92 Å². The van der Waals surface area contributed by atoms with E-state index in [1.807, 2.05) is 0 Å². The number of hydrogen-bond donors (Lipinski definition) is 1. The molecule has 0 bridgehead atoms. The van der Waals surface area contributed by atoms with Crippen LogP contribution in [0.1, 0.15) is 32.1 Å². The number of rotatable bonds is 4. The van der Waals surface area contributed by atoms with Gasteiger partial charge in [0.15, 0.2) is 0 Å². The molecule has 0 spiro atoms. The molecule has 0 aromatic heterocycles. The minimum atomic E-state index is -0.781. The minimum Gasteiger partial charge on any atom is -0.480 e. The number of benzene rings is 1. The molecule has 1 atom stereocenters. The van der Waals surface area contributed by atoms with Gasteiger partial charge in [-0.05, 0) is 37.0 Å². The molecule has 0 aliphatic heterocycles. The van der Waals surface area contributed by atoms with E-state index in [0.717, 1.165) is 25.7 Å². The lowest BCUT2D eigenvalue weighted by atomic mass is 9.87. The Balaban J connectivity index is 2.08. The van der Waals surface area contributed by atoms with Gasteiger partial charge < -0.3 is 5.11 Å². The lowest BCUT2D eigenvalue weighted by Gasteiger charge is -2.27. The molecule has 1 aromatic rings. The van der Waals surface area contributed by atoms with Gasteiger partial charge in [-0.3, -0.25) is 4.79 Å². The molecule has 4 heteroatoms. The molecule has 0 heterocycles. The molecule has 2 rings (SSSR count). The van der Waals surface area contributed by atoms with E-state index < -0.39 is 11.2 Å². The number of thioether (sulfide) groups is 1. The van der Waals surface area contributed by atoms with Crippen LogP contribution in [-0.4, -0.2) is 16.3 Å². The number of carboxylic acids is 1. The average molecular weight is 268 g/mol. The van der Waals surface area contributed by atoms with E-state index in [0.29, 0.717) is 4.90 Å². The van der Waals surface area contributed by atoms with Crippen molar-refractivity contribution in [1.29, 1.82) is 0 Å². The molecule has 1 unspecified atom stereocenters. The second kappa shape index (κ2) is 6.23. The van der Waals surface area contributed by atoms with Crippen molar-refractivity contribution >= 4 is 17.7 Å². The number of hydrogen-bond acceptors (Lipinski definition) is 2. The van der Waals surface area contributed by atoms with Gasteiger partial charge in [-0.25, -0.2) is 4.39 Å². The van der Waals surface area contributed by atoms with Crippen LogP contribution < -0.4 is 0 Å². The normalized spacial score (nSPS) is 18.5. The van der Waals surface area contributed by atoms with Gasteiger partial charge in [0, 0.05) is 4.90 Å². The summed E-state index contributed by atoms with van der Waals surface area (Å²) in [7, 11) is 0. The lowest BCUT2D eigenvalue weighted by molar-refractivity contribution is -0.137. The van der Waals surface area contributed by atoms with Gasteiger partial charge in [0.05, 0.1) is 0 Å². The highest BCUT2D eigenvalue weighted by molar-refractivity contribution is 8.00. The second-order valence-corrected chi connectivity index (χ2v) is 5.95. The van der Waals surface area contributed by atoms with Crippen molar-refractivity contribution in [2.75, 3.05) is 0 Å². The third-order valence-corrected chi connectivity index (χ3v) is 4.75. The maximum Gasteiger partial charge on any atom is 0.317 e. The van der Waals surface area contributed by atoms with Gasteiger partial charge in [0.2, 0.25) is 0 Å². The molecule has 1 aliphatic carbocycles. The standard InChI is InChI=1S/C14H17FO2S/c15-11-7-4-8-12(9-11)18-13(14(16)17)10-5-2-1-3-6-10/h4,7-10,13H,1-3,5-6H2,(H,16,17). The van der Waals surface area contributed by atoms with E-state index in [2.05, 4.69) is 0 Å². The summed E-state index contributed by atoms with van der Waals surface area (Å²) in [6.07, 6.45) is 5.36. The van der Waals surface area contributed by atoms with Crippen molar-refractivity contribution in [3.05, 3.63) is 30.1 Å². The minimum absolute atomic E-state index is 0.213. The van der Waals surface area contributed by atoms with Crippen LogP contribution in [0.3, 0.4) is 0 Å². The first-order valence-electron chi connectivity index (χ1n) is 6.32. The zero-order valence-electron chi connectivity index (χ0n) is 10.1. The van der Waals surface area contributed by atoms with E-state index in [9.17, 15) is 14.3 Å². The summed E-state index contributed by atoms with van der Waals surface area (Å²) in [5.41, 5.74) is 0. The molecule has 0 amide bonds. The van der Waals surface area contributed by atoms with Crippen LogP contribution in [0.25, 0.3) is 0 Å². The van der Waals surface area contributed by atoms with Crippen LogP contribution in [0.2, 0.25) is 0 Å². The van der Waals surface area contributed by atoms with Gasteiger partial charge in [-0.1, -0.05) is 25.3 Å². The van der Waals surface area contributed by atoms with E-state index in [1.165, 1.54) is 30.3 Å². The third kappa shape index (κ3) is 3.48. The number of aliphatic carboxylic acids is 1. The van der Waals surface area contributed by atoms with Crippen LogP contribution in [0.5, 0.6) is 0 Å². The maximum atomic E-state index is 13.1. The molecule has 1 saturated carbocycles. The Morgan fingerprint density at radius 3 is 2.67 bits per heavy atom. The third-order valence-electron chi connectivity index (χ3n) is 3.38. The predicted molar refractivity (Wildman–Crippen MR) is 70.3 cm³/mol. The monoisotopic (exact) mass is 268 g/mol. The van der Waals surface area contributed by atoms with Crippen LogP contribution in [0.4, 0.5) is 4.39 Å². The van der Waals surface area contributed by atoms with Crippen LogP contribution in [0.15, 0.2) is 29.2 Å². The van der Waals surface area contributed by atoms with Crippen molar-refractivity contribution in [2.45, 2.75) is 42.2 Å². The molecular weight excluding hydrogens is 251 g/mol. The number of carboxylic acid groups (broad SMARTS) is 1. The molecule has 1 aromatic carbocycles. The van der Waals surface area contributed by atoms with Gasteiger partial charge in [-0.2, -0.15) is 0 Å². The fraction of sp³-hybridized carbons (Fsp3) is 0.500. The Morgan fingerprint density at radius 1 is 1.33 bits per heavy atom. The fourth-order valence-corrected chi connectivity index (χ4v) is 3.67. The summed E-state index contributed by atoms with van der Waals surface area (Å²) in [4.78, 5) is 12.1. The van der Waals surface area contributed by atoms with E-state index in [1.54, 1.807) is 12.1 Å². The van der Waals surface area contributed by atoms with Gasteiger partial charge in [0.25, 0.3) is 0 Å². The fourth-order valence-electron chi connectivity index (χ4n) is 2.47. The SMILES string of the molecule is O=C(O)C(Sc1cccc(F)c1)C1CCCCC1. The van der Waals surface area contributed by atoms with Crippen molar-refractivity contribution in [3.63, 3.8) is 0 Å². The molecule has 1 fully saturated rings. The Bertz CT molecular complexity index is 416. The quantitative estimate of drug-likeness (QED) is 0.840. The molecule has 18 heavy (non-hydrogen) atoms. The van der Waals surface area contributed by atoms with Crippen molar-refractivity contribution < 1.29 is 14.3 Å². The van der Waals surface area contributed by atoms with E-state index in [-0.39, 0.29) is 11.7 Å². The lowest BCUT2D eigenvalue weighted by Crippen LogP contribution is -2.28. The molecule has 98 valence electrons. The molecule has 1 aliphatic rings. The first-order valence-corrected chi connectivity index (χ1v) is 7.20. The molecule has 0 radical (unpaired) electrons. The Kier molecular flexibility index (Phi) is 4.64. The van der Waals surface area contributed by atoms with E-state index in [4.69, 9.17) is 0 Å². The van der Waals surface area contributed by atoms with Crippen LogP contribution in [-0.2, 0) is 4.79 Å². The molecule has 2 nitrogen and oxygen atoms in total. The second-order valence-electron chi connectivity index (χ2n) is 4.73. The highest BCUT2D eigenvalue weighted by Gasteiger charge is 2.30. The molecular formula is C14H17FO2S. The molecule has 0 saturated heterocycles. The highest BCUT2D eigenvalue weighted by Crippen LogP contribution is 2.36. The topological polar surface area (TPSA) is 37.3 Å². The zero-order chi connectivity index (χ0) is 13.0. The number of halogens is 1. The van der Waals surface area contributed by atoms with Crippen molar-refractivity contribution in [3.8, 4) is 0 Å². The Labute approximate surface area is 111 Å². The number of carbonyl (C=O) groups is 1. The van der Waals surface area contributed by atoms with E-state index >= 15 is 0 Å². The Hall–Kier alpha value is -1.03. The van der Waals surface area contributed by atoms with Crippen LogP contribution >= 0.6 is 11.8 Å². The highest BCUT2D eigenvalue weighted by atomic mass is 32.2. The summed E-state index contributed by atoms with van der Waals surface area (Å²) >= 11 is 1.28. The summed E-state index contributed by atoms with van der Waals surface area (Å²) in [6.45, 7) is 0. The van der Waals surface area contributed by atoms with Gasteiger partial charge in [0.1, 0.15) is 11.1 Å². The first-order chi connectivity index (χ1) is 8.66. The average Bonchev–Trinajstić information content (AvgIpc) is 2.37. The first kappa shape index (κ1) is 13.4. The molecule has 1 N–H and O–H groups in total. The van der Waals surface area contributed by atoms with Crippen molar-refractivity contribution in [1.82, 2.24) is 0 Å². The Morgan fingerprint density at radius 2 is 2.06 bits per heavy atom. The zero-order valence-corrected chi connectivity index (χ0v) is 11.0. The largest absolute Gasteiger partial charge is 0.480 e. The summed E-state index contributed by atoms with van der Waals surface area (Å²) < 4.78 is 13.1. The predicted octanol–water partition coefficient (Wildman–Crippen LogP) is 3.95.